The van der Waals surface area contributed by atoms with Crippen LogP contribution in [0.25, 0.3) is 0 Å². The van der Waals surface area contributed by atoms with Crippen LogP contribution in [0.3, 0.4) is 0 Å². The fraction of sp³-hybridized carbons (Fsp3) is 0.643. The summed E-state index contributed by atoms with van der Waals surface area (Å²) in [4.78, 5) is 4.47. The molecule has 4 heteroatoms. The van der Waals surface area contributed by atoms with Crippen LogP contribution in [-0.2, 0) is 0 Å². The van der Waals surface area contributed by atoms with E-state index in [-0.39, 0.29) is 11.1 Å². The number of nitrogens with one attached hydrogen (secondary N) is 1. The van der Waals surface area contributed by atoms with Crippen molar-refractivity contribution in [3.05, 3.63) is 12.1 Å². The summed E-state index contributed by atoms with van der Waals surface area (Å²) in [5.74, 6) is 1.35. The van der Waals surface area contributed by atoms with E-state index in [4.69, 9.17) is 10.5 Å². The second kappa shape index (κ2) is 4.34. The highest BCUT2D eigenvalue weighted by Crippen LogP contribution is 2.35. The Morgan fingerprint density at radius 3 is 2.50 bits per heavy atom. The van der Waals surface area contributed by atoms with Crippen molar-refractivity contribution in [1.29, 1.82) is 0 Å². The number of nitrogens with zero attached hydrogens (tertiary/aromatic N) is 1. The first-order chi connectivity index (χ1) is 8.27. The Kier molecular flexibility index (Phi) is 3.13. The molecule has 0 aromatic carbocycles. The largest absolute Gasteiger partial charge is 0.470 e. The van der Waals surface area contributed by atoms with Gasteiger partial charge in [0.2, 0.25) is 5.88 Å². The lowest BCUT2D eigenvalue weighted by Gasteiger charge is -2.39. The Balaban J connectivity index is 2.15. The summed E-state index contributed by atoms with van der Waals surface area (Å²) < 4.78 is 5.76. The second-order valence-corrected chi connectivity index (χ2v) is 6.34. The summed E-state index contributed by atoms with van der Waals surface area (Å²) in [5, 5.41) is 3.46. The summed E-state index contributed by atoms with van der Waals surface area (Å²) in [6, 6.07) is 3.76. The molecule has 0 amide bonds. The van der Waals surface area contributed by atoms with Gasteiger partial charge in [0.05, 0.1) is 5.69 Å². The van der Waals surface area contributed by atoms with Crippen LogP contribution in [0.4, 0.5) is 11.5 Å². The number of anilines is 2. The van der Waals surface area contributed by atoms with Crippen molar-refractivity contribution in [3.8, 4) is 5.88 Å². The predicted molar refractivity (Wildman–Crippen MR) is 74.9 cm³/mol. The van der Waals surface area contributed by atoms with Gasteiger partial charge in [-0.25, -0.2) is 0 Å². The SMILES string of the molecule is CC1(Nc2ccc(N)c(OC(C)(C)C)n2)CCC1. The van der Waals surface area contributed by atoms with Gasteiger partial charge < -0.3 is 15.8 Å². The van der Waals surface area contributed by atoms with E-state index < -0.39 is 0 Å². The minimum Gasteiger partial charge on any atom is -0.470 e. The minimum atomic E-state index is -0.292. The van der Waals surface area contributed by atoms with Crippen LogP contribution in [0.2, 0.25) is 0 Å². The van der Waals surface area contributed by atoms with E-state index in [1.165, 1.54) is 19.3 Å². The molecule has 0 atom stereocenters. The third kappa shape index (κ3) is 3.06. The molecule has 3 N–H and O–H groups in total. The maximum absolute atomic E-state index is 5.89. The molecule has 0 aliphatic heterocycles. The number of hydrogen-bond donors (Lipinski definition) is 2. The highest BCUT2D eigenvalue weighted by Gasteiger charge is 2.32. The van der Waals surface area contributed by atoms with E-state index in [1.807, 2.05) is 32.9 Å². The molecule has 2 rings (SSSR count). The van der Waals surface area contributed by atoms with Gasteiger partial charge in [-0.3, -0.25) is 0 Å². The van der Waals surface area contributed by atoms with E-state index in [2.05, 4.69) is 17.2 Å². The molecule has 0 unspecified atom stereocenters. The lowest BCUT2D eigenvalue weighted by Crippen LogP contribution is -2.41. The number of pyridine rings is 1. The summed E-state index contributed by atoms with van der Waals surface area (Å²) >= 11 is 0. The van der Waals surface area contributed by atoms with Crippen LogP contribution in [0, 0.1) is 0 Å². The van der Waals surface area contributed by atoms with Gasteiger partial charge in [0.25, 0.3) is 0 Å². The highest BCUT2D eigenvalue weighted by atomic mass is 16.5. The molecular formula is C14H23N3O. The molecule has 0 spiro atoms. The van der Waals surface area contributed by atoms with Crippen LogP contribution in [0.5, 0.6) is 5.88 Å². The van der Waals surface area contributed by atoms with Crippen molar-refractivity contribution in [1.82, 2.24) is 4.98 Å². The number of aromatic nitrogens is 1. The van der Waals surface area contributed by atoms with Crippen LogP contribution >= 0.6 is 0 Å². The van der Waals surface area contributed by atoms with Crippen molar-refractivity contribution in [3.63, 3.8) is 0 Å². The maximum Gasteiger partial charge on any atom is 0.239 e. The molecule has 4 nitrogen and oxygen atoms in total. The van der Waals surface area contributed by atoms with E-state index in [1.54, 1.807) is 0 Å². The van der Waals surface area contributed by atoms with Gasteiger partial charge >= 0.3 is 0 Å². The zero-order chi connectivity index (χ0) is 13.4. The first-order valence-electron chi connectivity index (χ1n) is 6.51. The number of nitrogens with two attached hydrogens (primary N) is 1. The standard InChI is InChI=1S/C14H23N3O/c1-13(2,3)18-12-10(15)6-7-11(16-12)17-14(4)8-5-9-14/h6-7H,5,8-9,15H2,1-4H3,(H,16,17). The van der Waals surface area contributed by atoms with E-state index in [0.29, 0.717) is 11.6 Å². The molecule has 100 valence electrons. The van der Waals surface area contributed by atoms with Gasteiger partial charge in [0.1, 0.15) is 11.4 Å². The third-order valence-electron chi connectivity index (χ3n) is 3.18. The molecule has 1 fully saturated rings. The van der Waals surface area contributed by atoms with Gasteiger partial charge in [-0.05, 0) is 59.1 Å². The van der Waals surface area contributed by atoms with Crippen LogP contribution < -0.4 is 15.8 Å². The Morgan fingerprint density at radius 2 is 2.00 bits per heavy atom. The quantitative estimate of drug-likeness (QED) is 0.863. The van der Waals surface area contributed by atoms with Gasteiger partial charge in [-0.15, -0.1) is 0 Å². The molecule has 1 heterocycles. The first kappa shape index (κ1) is 13.0. The second-order valence-electron chi connectivity index (χ2n) is 6.34. The van der Waals surface area contributed by atoms with Crippen molar-refractivity contribution in [2.75, 3.05) is 11.1 Å². The maximum atomic E-state index is 5.89. The average molecular weight is 249 g/mol. The molecule has 1 aliphatic rings. The molecular weight excluding hydrogens is 226 g/mol. The summed E-state index contributed by atoms with van der Waals surface area (Å²) in [6.45, 7) is 8.18. The number of rotatable bonds is 3. The zero-order valence-corrected chi connectivity index (χ0v) is 11.7. The number of nitrogen functional groups attached to an aromatic ring is 1. The Hall–Kier alpha value is -1.45. The minimum absolute atomic E-state index is 0.183. The highest BCUT2D eigenvalue weighted by molar-refractivity contribution is 5.54. The van der Waals surface area contributed by atoms with Gasteiger partial charge in [0.15, 0.2) is 0 Å². The molecule has 0 bridgehead atoms. The van der Waals surface area contributed by atoms with Gasteiger partial charge in [0, 0.05) is 5.54 Å². The Labute approximate surface area is 109 Å². The monoisotopic (exact) mass is 249 g/mol. The summed E-state index contributed by atoms with van der Waals surface area (Å²) in [7, 11) is 0. The van der Waals surface area contributed by atoms with Crippen molar-refractivity contribution in [2.24, 2.45) is 0 Å². The van der Waals surface area contributed by atoms with Crippen molar-refractivity contribution in [2.45, 2.75) is 58.1 Å². The number of ether oxygens (including phenoxy) is 1. The molecule has 18 heavy (non-hydrogen) atoms. The van der Waals surface area contributed by atoms with Gasteiger partial charge in [-0.1, -0.05) is 0 Å². The van der Waals surface area contributed by atoms with E-state index in [0.717, 1.165) is 5.82 Å². The number of hydrogen-bond acceptors (Lipinski definition) is 4. The molecule has 0 saturated heterocycles. The molecule has 1 saturated carbocycles. The fourth-order valence-electron chi connectivity index (χ4n) is 2.03. The molecule has 1 aliphatic carbocycles. The smallest absolute Gasteiger partial charge is 0.239 e. The Bertz CT molecular complexity index is 433. The molecule has 0 radical (unpaired) electrons. The molecule has 1 aromatic heterocycles. The first-order valence-corrected chi connectivity index (χ1v) is 6.51. The molecule has 1 aromatic rings. The van der Waals surface area contributed by atoms with Crippen molar-refractivity contribution >= 4 is 11.5 Å². The summed E-state index contributed by atoms with van der Waals surface area (Å²) in [5.41, 5.74) is 6.36. The summed E-state index contributed by atoms with van der Waals surface area (Å²) in [6.07, 6.45) is 3.66. The van der Waals surface area contributed by atoms with Crippen LogP contribution in [0.1, 0.15) is 47.0 Å². The van der Waals surface area contributed by atoms with Gasteiger partial charge in [-0.2, -0.15) is 4.98 Å². The van der Waals surface area contributed by atoms with Crippen molar-refractivity contribution < 1.29 is 4.74 Å². The van der Waals surface area contributed by atoms with Crippen LogP contribution in [0.15, 0.2) is 12.1 Å². The predicted octanol–water partition coefficient (Wildman–Crippen LogP) is 3.20. The van der Waals surface area contributed by atoms with E-state index in [9.17, 15) is 0 Å². The normalized spacial score (nSPS) is 18.0. The third-order valence-corrected chi connectivity index (χ3v) is 3.18. The van der Waals surface area contributed by atoms with E-state index >= 15 is 0 Å². The lowest BCUT2D eigenvalue weighted by molar-refractivity contribution is 0.125. The Morgan fingerprint density at radius 1 is 1.33 bits per heavy atom. The lowest BCUT2D eigenvalue weighted by atomic mass is 9.78. The fourth-order valence-corrected chi connectivity index (χ4v) is 2.03. The van der Waals surface area contributed by atoms with Crippen LogP contribution in [-0.4, -0.2) is 16.1 Å². The zero-order valence-electron chi connectivity index (χ0n) is 11.7. The average Bonchev–Trinajstić information content (AvgIpc) is 2.19. The topological polar surface area (TPSA) is 60.2 Å².